The molecule has 1 N–H and O–H groups in total. The quantitative estimate of drug-likeness (QED) is 0.347. The van der Waals surface area contributed by atoms with E-state index >= 15 is 0 Å². The van der Waals surface area contributed by atoms with E-state index in [1.54, 1.807) is 0 Å². The van der Waals surface area contributed by atoms with Gasteiger partial charge in [-0.1, -0.05) is 48.7 Å². The van der Waals surface area contributed by atoms with Crippen LogP contribution in [0, 0.1) is 27.7 Å². The molecule has 4 nitrogen and oxygen atoms in total. The van der Waals surface area contributed by atoms with Crippen LogP contribution in [0.1, 0.15) is 60.9 Å². The van der Waals surface area contributed by atoms with E-state index in [2.05, 4.69) is 84.9 Å². The van der Waals surface area contributed by atoms with Gasteiger partial charge in [0.2, 0.25) is 0 Å². The van der Waals surface area contributed by atoms with Gasteiger partial charge in [0, 0.05) is 36.3 Å². The highest BCUT2D eigenvalue weighted by molar-refractivity contribution is 6.14. The standard InChI is InChI=1S/C31H38N4/c1-20-16-21(2)30(22(3)17-20)35-27-14-8-7-13-26(27)29-28(18-23(4)33-31(29)35)34-15-9-12-25(34)19-32-24-10-5-6-11-24/h7-8,13-14,16-18,24-25,32H,5-6,9-12,15,19H2,1-4H3/t25-/m0/s1. The van der Waals surface area contributed by atoms with E-state index in [1.165, 1.54) is 82.9 Å². The molecule has 2 fully saturated rings. The fourth-order valence-electron chi connectivity index (χ4n) is 6.83. The minimum absolute atomic E-state index is 0.547. The average Bonchev–Trinajstić information content (AvgIpc) is 3.56. The SMILES string of the molecule is Cc1cc(C)c(-n2c3ccccc3c3c(N4CCC[C@H]4CNC4CCCC4)cc(C)nc32)c(C)c1. The van der Waals surface area contributed by atoms with Gasteiger partial charge < -0.3 is 10.2 Å². The van der Waals surface area contributed by atoms with Crippen LogP contribution in [0.4, 0.5) is 5.69 Å². The number of para-hydroxylation sites is 1. The molecule has 1 aliphatic heterocycles. The lowest BCUT2D eigenvalue weighted by Crippen LogP contribution is -2.41. The number of nitrogens with zero attached hydrogens (tertiary/aromatic N) is 3. The van der Waals surface area contributed by atoms with Gasteiger partial charge in [-0.25, -0.2) is 4.98 Å². The molecule has 0 bridgehead atoms. The van der Waals surface area contributed by atoms with Crippen LogP contribution in [0.3, 0.4) is 0 Å². The van der Waals surface area contributed by atoms with Gasteiger partial charge in [-0.15, -0.1) is 0 Å². The zero-order valence-corrected chi connectivity index (χ0v) is 21.7. The Balaban J connectivity index is 1.53. The monoisotopic (exact) mass is 466 g/mol. The summed E-state index contributed by atoms with van der Waals surface area (Å²) in [5.74, 6) is 0. The molecule has 3 heterocycles. The maximum Gasteiger partial charge on any atom is 0.147 e. The van der Waals surface area contributed by atoms with Crippen LogP contribution >= 0.6 is 0 Å². The van der Waals surface area contributed by atoms with Gasteiger partial charge in [-0.05, 0) is 76.6 Å². The Morgan fingerprint density at radius 1 is 0.914 bits per heavy atom. The maximum absolute atomic E-state index is 5.18. The van der Waals surface area contributed by atoms with Crippen LogP contribution in [0.5, 0.6) is 0 Å². The first kappa shape index (κ1) is 22.6. The molecule has 2 aliphatic rings. The summed E-state index contributed by atoms with van der Waals surface area (Å²) >= 11 is 0. The summed E-state index contributed by atoms with van der Waals surface area (Å²) in [6, 6.07) is 17.1. The van der Waals surface area contributed by atoms with E-state index in [0.717, 1.165) is 24.4 Å². The van der Waals surface area contributed by atoms with Crippen LogP contribution in [0.15, 0.2) is 42.5 Å². The summed E-state index contributed by atoms with van der Waals surface area (Å²) in [5, 5.41) is 6.52. The van der Waals surface area contributed by atoms with E-state index in [1.807, 2.05) is 0 Å². The van der Waals surface area contributed by atoms with Crippen molar-refractivity contribution in [2.45, 2.75) is 78.3 Å². The first-order valence-corrected chi connectivity index (χ1v) is 13.5. The summed E-state index contributed by atoms with van der Waals surface area (Å²) in [7, 11) is 0. The lowest BCUT2D eigenvalue weighted by atomic mass is 10.0. The lowest BCUT2D eigenvalue weighted by molar-refractivity contribution is 0.484. The first-order valence-electron chi connectivity index (χ1n) is 13.5. The number of hydrogen-bond acceptors (Lipinski definition) is 3. The summed E-state index contributed by atoms with van der Waals surface area (Å²) in [6.45, 7) is 11.0. The minimum Gasteiger partial charge on any atom is -0.367 e. The summed E-state index contributed by atoms with van der Waals surface area (Å²) < 4.78 is 2.42. The zero-order valence-electron chi connectivity index (χ0n) is 21.7. The molecule has 2 aromatic carbocycles. The molecule has 1 saturated heterocycles. The second-order valence-electron chi connectivity index (χ2n) is 11.0. The number of benzene rings is 2. The predicted octanol–water partition coefficient (Wildman–Crippen LogP) is 6.91. The van der Waals surface area contributed by atoms with Crippen molar-refractivity contribution in [3.63, 3.8) is 0 Å². The van der Waals surface area contributed by atoms with E-state index in [9.17, 15) is 0 Å². The third kappa shape index (κ3) is 3.92. The molecule has 1 saturated carbocycles. The number of anilines is 1. The fourth-order valence-corrected chi connectivity index (χ4v) is 6.83. The number of aromatic nitrogens is 2. The Morgan fingerprint density at radius 3 is 2.43 bits per heavy atom. The Bertz CT molecular complexity index is 1370. The Morgan fingerprint density at radius 2 is 1.66 bits per heavy atom. The van der Waals surface area contributed by atoms with Crippen molar-refractivity contribution in [2.24, 2.45) is 0 Å². The molecular weight excluding hydrogens is 428 g/mol. The van der Waals surface area contributed by atoms with Crippen LogP contribution < -0.4 is 10.2 Å². The number of rotatable bonds is 5. The fraction of sp³-hybridized carbons (Fsp3) is 0.452. The van der Waals surface area contributed by atoms with Gasteiger partial charge >= 0.3 is 0 Å². The third-order valence-electron chi connectivity index (χ3n) is 8.28. The Labute approximate surface area is 209 Å². The van der Waals surface area contributed by atoms with Crippen LogP contribution in [0.25, 0.3) is 27.6 Å². The maximum atomic E-state index is 5.18. The average molecular weight is 467 g/mol. The minimum atomic E-state index is 0.547. The highest BCUT2D eigenvalue weighted by Crippen LogP contribution is 2.41. The molecule has 182 valence electrons. The van der Waals surface area contributed by atoms with Gasteiger partial charge in [0.05, 0.1) is 22.3 Å². The van der Waals surface area contributed by atoms with Gasteiger partial charge in [-0.2, -0.15) is 0 Å². The number of hydrogen-bond donors (Lipinski definition) is 1. The van der Waals surface area contributed by atoms with Crippen molar-refractivity contribution in [2.75, 3.05) is 18.0 Å². The molecule has 0 amide bonds. The number of nitrogens with one attached hydrogen (secondary N) is 1. The molecule has 4 aromatic rings. The molecule has 4 heteroatoms. The summed E-state index contributed by atoms with van der Waals surface area (Å²) in [6.07, 6.45) is 7.97. The van der Waals surface area contributed by atoms with Gasteiger partial charge in [0.25, 0.3) is 0 Å². The highest BCUT2D eigenvalue weighted by atomic mass is 15.2. The van der Waals surface area contributed by atoms with Gasteiger partial charge in [-0.3, -0.25) is 4.57 Å². The smallest absolute Gasteiger partial charge is 0.147 e. The number of aryl methyl sites for hydroxylation is 4. The molecule has 35 heavy (non-hydrogen) atoms. The zero-order chi connectivity index (χ0) is 24.1. The van der Waals surface area contributed by atoms with Crippen molar-refractivity contribution in [1.29, 1.82) is 0 Å². The lowest BCUT2D eigenvalue weighted by Gasteiger charge is -2.29. The largest absolute Gasteiger partial charge is 0.367 e. The molecule has 1 aliphatic carbocycles. The van der Waals surface area contributed by atoms with Crippen molar-refractivity contribution in [3.8, 4) is 5.69 Å². The normalized spacial score (nSPS) is 19.0. The predicted molar refractivity (Wildman–Crippen MR) is 148 cm³/mol. The molecule has 0 unspecified atom stereocenters. The molecule has 2 aromatic heterocycles. The summed E-state index contributed by atoms with van der Waals surface area (Å²) in [4.78, 5) is 7.87. The van der Waals surface area contributed by atoms with Gasteiger partial charge in [0.1, 0.15) is 5.65 Å². The second kappa shape index (κ2) is 8.98. The molecule has 6 rings (SSSR count). The number of fused-ring (bicyclic) bond motifs is 3. The van der Waals surface area contributed by atoms with E-state index in [0.29, 0.717) is 12.1 Å². The van der Waals surface area contributed by atoms with Crippen molar-refractivity contribution >= 4 is 27.6 Å². The third-order valence-corrected chi connectivity index (χ3v) is 8.28. The van der Waals surface area contributed by atoms with Crippen LogP contribution in [-0.2, 0) is 0 Å². The summed E-state index contributed by atoms with van der Waals surface area (Å²) in [5.41, 5.74) is 9.97. The molecule has 1 atom stereocenters. The Hall–Kier alpha value is -2.85. The van der Waals surface area contributed by atoms with E-state index < -0.39 is 0 Å². The molecule has 0 spiro atoms. The van der Waals surface area contributed by atoms with Crippen molar-refractivity contribution in [3.05, 3.63) is 64.8 Å². The van der Waals surface area contributed by atoms with E-state index in [4.69, 9.17) is 4.98 Å². The van der Waals surface area contributed by atoms with Crippen LogP contribution in [-0.4, -0.2) is 34.7 Å². The van der Waals surface area contributed by atoms with Crippen LogP contribution in [0.2, 0.25) is 0 Å². The van der Waals surface area contributed by atoms with E-state index in [-0.39, 0.29) is 0 Å². The Kier molecular flexibility index (Phi) is 5.80. The number of pyridine rings is 1. The van der Waals surface area contributed by atoms with Crippen molar-refractivity contribution < 1.29 is 0 Å². The second-order valence-corrected chi connectivity index (χ2v) is 11.0. The van der Waals surface area contributed by atoms with Crippen molar-refractivity contribution in [1.82, 2.24) is 14.9 Å². The first-order chi connectivity index (χ1) is 17.0. The topological polar surface area (TPSA) is 33.1 Å². The van der Waals surface area contributed by atoms with Gasteiger partial charge in [0.15, 0.2) is 0 Å². The molecular formula is C31H38N4. The highest BCUT2D eigenvalue weighted by Gasteiger charge is 2.29. The molecule has 0 radical (unpaired) electrons.